The minimum atomic E-state index is -0.502. The molecule has 0 saturated heterocycles. The SMILES string of the molecule is [2H]c1c([2H])c([2H])c(-c2cc(-c3ccc(-c4ccccc4)cc3)cc(-c3ccc4c(c3)c3nc5ccccc5nc3n4-c3c([2H])c([2H])c([2H])c([2H])c3[2H])c2)c([2H])c1[2H].[2H]c1c([2H])c([2H])c(-c2cc(-c3ccc(-c4ccccc4)cc3)cc(-c3ccc4c(c3)c3nc5ccccc5nc3n4-c3ccccc3)c2)c([2H])c1[2H].[2H]c1c([2H])c([2H])c(-n2c3ccc(-c4cc(-c5ccccc5)cc(-c5ccc(-c6ccccc6)cc5)c4)cc3c3nc4ccccc4nc32)c([2H])c1[2H]. The molecule has 0 atom stereocenters. The van der Waals surface area contributed by atoms with Gasteiger partial charge in [0, 0.05) is 33.2 Å². The Morgan fingerprint density at radius 3 is 0.603 bits per heavy atom. The van der Waals surface area contributed by atoms with Crippen LogP contribution in [0.5, 0.6) is 0 Å². The van der Waals surface area contributed by atoms with Crippen molar-refractivity contribution in [2.45, 2.75) is 0 Å². The van der Waals surface area contributed by atoms with E-state index >= 15 is 0 Å². The van der Waals surface area contributed by atoms with Crippen LogP contribution in [0.1, 0.15) is 27.4 Å². The van der Waals surface area contributed by atoms with Crippen molar-refractivity contribution in [1.82, 2.24) is 43.6 Å². The highest BCUT2D eigenvalue weighted by molar-refractivity contribution is 6.12. The summed E-state index contributed by atoms with van der Waals surface area (Å²) in [6.07, 6.45) is 0. The van der Waals surface area contributed by atoms with E-state index < -0.39 is 60.4 Å². The average molecular weight is 1820 g/mol. The molecule has 0 unspecified atom stereocenters. The summed E-state index contributed by atoms with van der Waals surface area (Å²) >= 11 is 0. The summed E-state index contributed by atoms with van der Waals surface area (Å²) < 4.78 is 176. The molecule has 0 aliphatic carbocycles. The molecule has 6 aromatic heterocycles. The lowest BCUT2D eigenvalue weighted by Crippen LogP contribution is -1.96. The molecule has 6 heterocycles. The third kappa shape index (κ3) is 16.4. The lowest BCUT2D eigenvalue weighted by molar-refractivity contribution is 1.14. The molecule has 21 aromatic carbocycles. The third-order valence-electron chi connectivity index (χ3n) is 25.7. The number of hydrogen-bond donors (Lipinski definition) is 0. The van der Waals surface area contributed by atoms with Crippen LogP contribution in [0.15, 0.2) is 527 Å². The second-order valence-corrected chi connectivity index (χ2v) is 34.2. The largest absolute Gasteiger partial charge is 0.293 e. The molecular weight excluding hydrogens is 1710 g/mol. The van der Waals surface area contributed by atoms with E-state index in [1.54, 1.807) is 27.3 Å². The Morgan fingerprint density at radius 1 is 0.142 bits per heavy atom. The van der Waals surface area contributed by atoms with Crippen LogP contribution in [-0.4, -0.2) is 43.6 Å². The standard InChI is InChI=1S/3C44H29N3/c3*1-4-12-30(13-5-1)32-20-22-33(23-21-32)36-26-35(31-14-6-2-7-15-31)27-37(28-36)34-24-25-42-39(29-34)43-44(47(42)38-16-8-3-9-17-38)46-41-19-11-10-18-40(41)45-43/h3*1-29H/i2D,3D,6D,7D,8D,9D,14D,15D,16D,17D;3D,8D,9D,16D,17D;2D,6D,7D,14D,15D. The monoisotopic (exact) mass is 1820 g/mol. The summed E-state index contributed by atoms with van der Waals surface area (Å²) in [4.78, 5) is 30.1. The maximum Gasteiger partial charge on any atom is 0.165 e. The number of para-hydroxylation sites is 9. The van der Waals surface area contributed by atoms with Gasteiger partial charge in [0.2, 0.25) is 0 Å². The molecule has 0 amide bonds. The summed E-state index contributed by atoms with van der Waals surface area (Å²) in [5.41, 5.74) is 31.1. The highest BCUT2D eigenvalue weighted by atomic mass is 15.1. The predicted octanol–water partition coefficient (Wildman–Crippen LogP) is 34.2. The van der Waals surface area contributed by atoms with Crippen molar-refractivity contribution in [3.8, 4) is 151 Å². The first kappa shape index (κ1) is 64.9. The second kappa shape index (κ2) is 36.7. The van der Waals surface area contributed by atoms with E-state index in [2.05, 4.69) is 150 Å². The molecule has 660 valence electrons. The van der Waals surface area contributed by atoms with Crippen molar-refractivity contribution in [2.75, 3.05) is 0 Å². The van der Waals surface area contributed by atoms with Crippen molar-refractivity contribution in [2.24, 2.45) is 0 Å². The maximum absolute atomic E-state index is 8.84. The van der Waals surface area contributed by atoms with Crippen molar-refractivity contribution >= 4 is 99.3 Å². The van der Waals surface area contributed by atoms with E-state index in [4.69, 9.17) is 57.3 Å². The number of nitrogens with zero attached hydrogens (tertiary/aromatic N) is 9. The molecule has 27 aromatic rings. The van der Waals surface area contributed by atoms with Crippen LogP contribution >= 0.6 is 0 Å². The first-order chi connectivity index (χ1) is 78.1. The summed E-state index contributed by atoms with van der Waals surface area (Å²) in [5, 5.41) is 2.29. The van der Waals surface area contributed by atoms with Gasteiger partial charge in [-0.2, -0.15) is 0 Å². The molecular formula is C132H87N9. The van der Waals surface area contributed by atoms with Gasteiger partial charge in [-0.05, 0) is 297 Å². The van der Waals surface area contributed by atoms with Crippen molar-refractivity contribution in [1.29, 1.82) is 0 Å². The Morgan fingerprint density at radius 2 is 0.333 bits per heavy atom. The van der Waals surface area contributed by atoms with E-state index in [9.17, 15) is 0 Å². The maximum atomic E-state index is 8.84. The summed E-state index contributed by atoms with van der Waals surface area (Å²) in [6, 6.07) is 127. The van der Waals surface area contributed by atoms with Crippen molar-refractivity contribution in [3.63, 3.8) is 0 Å². The highest BCUT2D eigenvalue weighted by Gasteiger charge is 2.24. The van der Waals surface area contributed by atoms with Crippen LogP contribution in [0, 0.1) is 0 Å². The van der Waals surface area contributed by atoms with Gasteiger partial charge in [0.25, 0.3) is 0 Å². The molecule has 0 spiro atoms. The van der Waals surface area contributed by atoms with E-state index in [-0.39, 0.29) is 82.9 Å². The molecule has 0 N–H and O–H groups in total. The van der Waals surface area contributed by atoms with Crippen LogP contribution < -0.4 is 0 Å². The molecule has 0 aliphatic heterocycles. The summed E-state index contributed by atoms with van der Waals surface area (Å²) in [5.74, 6) is 0. The Kier molecular flexibility index (Phi) is 16.9. The van der Waals surface area contributed by atoms with Gasteiger partial charge in [0.1, 0.15) is 16.6 Å². The molecule has 0 fully saturated rings. The Hall–Kier alpha value is -19.0. The molecule has 141 heavy (non-hydrogen) atoms. The van der Waals surface area contributed by atoms with Gasteiger partial charge < -0.3 is 0 Å². The van der Waals surface area contributed by atoms with Gasteiger partial charge in [-0.15, -0.1) is 0 Å². The van der Waals surface area contributed by atoms with Gasteiger partial charge in [0.05, 0.1) is 77.1 Å². The Labute approximate surface area is 843 Å². The number of fused-ring (bicyclic) bond motifs is 12. The first-order valence-corrected chi connectivity index (χ1v) is 46.1. The molecule has 0 aliphatic rings. The van der Waals surface area contributed by atoms with Gasteiger partial charge in [-0.3, -0.25) is 13.7 Å². The van der Waals surface area contributed by atoms with Gasteiger partial charge in [-0.25, -0.2) is 29.9 Å². The molecule has 0 saturated carbocycles. The van der Waals surface area contributed by atoms with Crippen molar-refractivity contribution in [3.05, 3.63) is 527 Å². The molecule has 27 rings (SSSR count). The van der Waals surface area contributed by atoms with Crippen molar-refractivity contribution < 1.29 is 27.4 Å². The lowest BCUT2D eigenvalue weighted by atomic mass is 9.92. The van der Waals surface area contributed by atoms with Crippen LogP contribution in [0.4, 0.5) is 0 Å². The van der Waals surface area contributed by atoms with Crippen LogP contribution in [-0.2, 0) is 0 Å². The van der Waals surface area contributed by atoms with Crippen LogP contribution in [0.2, 0.25) is 0 Å². The van der Waals surface area contributed by atoms with Gasteiger partial charge in [0.15, 0.2) is 16.9 Å². The zero-order valence-corrected chi connectivity index (χ0v) is 75.2. The minimum Gasteiger partial charge on any atom is -0.293 e. The van der Waals surface area contributed by atoms with E-state index in [1.165, 1.54) is 5.56 Å². The number of hydrogen-bond acceptors (Lipinski definition) is 6. The normalized spacial score (nSPS) is 13.4. The third-order valence-corrected chi connectivity index (χ3v) is 25.7. The fourth-order valence-electron chi connectivity index (χ4n) is 18.8. The van der Waals surface area contributed by atoms with E-state index in [1.807, 2.05) is 243 Å². The van der Waals surface area contributed by atoms with Crippen LogP contribution in [0.3, 0.4) is 0 Å². The molecule has 0 radical (unpaired) electrons. The zero-order valence-electron chi connectivity index (χ0n) is 95.2. The predicted molar refractivity (Wildman–Crippen MR) is 587 cm³/mol. The molecule has 9 heteroatoms. The fourth-order valence-corrected chi connectivity index (χ4v) is 18.8. The zero-order chi connectivity index (χ0) is 111. The van der Waals surface area contributed by atoms with Crippen LogP contribution in [0.25, 0.3) is 250 Å². The topological polar surface area (TPSA) is 92.1 Å². The second-order valence-electron chi connectivity index (χ2n) is 34.2. The summed E-state index contributed by atoms with van der Waals surface area (Å²) in [7, 11) is 0. The Bertz CT molecular complexity index is 10600. The minimum absolute atomic E-state index is 0.0376. The Balaban J connectivity index is 0.000000123. The van der Waals surface area contributed by atoms with E-state index in [0.717, 1.165) is 139 Å². The first-order valence-electron chi connectivity index (χ1n) is 56.1. The molecule has 0 bridgehead atoms. The fraction of sp³-hybridized carbons (Fsp3) is 0. The molecule has 9 nitrogen and oxygen atoms in total. The highest BCUT2D eigenvalue weighted by Crippen LogP contribution is 2.44. The number of benzene rings is 21. The van der Waals surface area contributed by atoms with Gasteiger partial charge >= 0.3 is 0 Å². The quantitative estimate of drug-likeness (QED) is 0.102. The van der Waals surface area contributed by atoms with Gasteiger partial charge in [-0.1, -0.05) is 364 Å². The number of aromatic nitrogens is 9. The number of rotatable bonds is 15. The average Bonchev–Trinajstić information content (AvgIpc) is 1.57. The summed E-state index contributed by atoms with van der Waals surface area (Å²) in [6.45, 7) is 0. The lowest BCUT2D eigenvalue weighted by Gasteiger charge is -2.12. The smallest absolute Gasteiger partial charge is 0.165 e. The van der Waals surface area contributed by atoms with E-state index in [0.29, 0.717) is 83.1 Å².